The fraction of sp³-hybridized carbons (Fsp3) is 0.250. The highest BCUT2D eigenvalue weighted by molar-refractivity contribution is 9.10. The van der Waals surface area contributed by atoms with Crippen LogP contribution in [0.5, 0.6) is 0 Å². The molecule has 0 radical (unpaired) electrons. The van der Waals surface area contributed by atoms with Gasteiger partial charge in [-0.05, 0) is 48.9 Å². The molecule has 1 aliphatic carbocycles. The Morgan fingerprint density at radius 1 is 1.11 bits per heavy atom. The van der Waals surface area contributed by atoms with Crippen molar-refractivity contribution in [1.82, 2.24) is 5.32 Å². The summed E-state index contributed by atoms with van der Waals surface area (Å²) in [5.41, 5.74) is 2.94. The van der Waals surface area contributed by atoms with E-state index in [0.29, 0.717) is 11.3 Å². The van der Waals surface area contributed by atoms with Crippen molar-refractivity contribution in [2.24, 2.45) is 0 Å². The number of thioether (sulfide) groups is 1. The molecule has 3 heteroatoms. The minimum absolute atomic E-state index is 0.449. The first-order chi connectivity index (χ1) is 9.28. The van der Waals surface area contributed by atoms with E-state index in [9.17, 15) is 0 Å². The second kappa shape index (κ2) is 5.70. The molecule has 0 heterocycles. The van der Waals surface area contributed by atoms with E-state index in [0.717, 1.165) is 10.9 Å². The first-order valence-electron chi connectivity index (χ1n) is 6.45. The van der Waals surface area contributed by atoms with Crippen LogP contribution in [0.3, 0.4) is 0 Å². The van der Waals surface area contributed by atoms with Gasteiger partial charge in [-0.15, -0.1) is 11.8 Å². The Labute approximate surface area is 126 Å². The lowest BCUT2D eigenvalue weighted by Crippen LogP contribution is -2.23. The molecule has 1 nitrogen and oxygen atoms in total. The van der Waals surface area contributed by atoms with Gasteiger partial charge in [0.05, 0.1) is 0 Å². The van der Waals surface area contributed by atoms with E-state index in [-0.39, 0.29) is 0 Å². The summed E-state index contributed by atoms with van der Waals surface area (Å²) < 4.78 is 1.14. The SMILES string of the molecule is CNC1c2ccccc2CC1Sc1ccc(Br)cc1. The summed E-state index contributed by atoms with van der Waals surface area (Å²) in [6.07, 6.45) is 1.14. The predicted octanol–water partition coefficient (Wildman–Crippen LogP) is 4.43. The van der Waals surface area contributed by atoms with Gasteiger partial charge in [0, 0.05) is 20.7 Å². The molecule has 19 heavy (non-hydrogen) atoms. The third-order valence-electron chi connectivity index (χ3n) is 3.60. The summed E-state index contributed by atoms with van der Waals surface area (Å²) in [4.78, 5) is 1.33. The molecule has 0 bridgehead atoms. The smallest absolute Gasteiger partial charge is 0.0447 e. The number of hydrogen-bond donors (Lipinski definition) is 1. The van der Waals surface area contributed by atoms with Gasteiger partial charge in [-0.1, -0.05) is 40.2 Å². The Balaban J connectivity index is 1.81. The van der Waals surface area contributed by atoms with Crippen LogP contribution in [0.25, 0.3) is 0 Å². The molecule has 2 unspecified atom stereocenters. The molecule has 0 fully saturated rings. The number of hydrogen-bond acceptors (Lipinski definition) is 2. The monoisotopic (exact) mass is 333 g/mol. The van der Waals surface area contributed by atoms with Crippen LogP contribution < -0.4 is 5.32 Å². The molecule has 0 aliphatic heterocycles. The molecule has 3 rings (SSSR count). The van der Waals surface area contributed by atoms with E-state index in [1.165, 1.54) is 16.0 Å². The molecule has 0 aromatic heterocycles. The average molecular weight is 334 g/mol. The second-order valence-corrected chi connectivity index (χ2v) is 7.01. The van der Waals surface area contributed by atoms with Crippen molar-refractivity contribution in [1.29, 1.82) is 0 Å². The van der Waals surface area contributed by atoms with Gasteiger partial charge < -0.3 is 5.32 Å². The normalized spacial score (nSPS) is 21.4. The van der Waals surface area contributed by atoms with Crippen LogP contribution in [-0.2, 0) is 6.42 Å². The highest BCUT2D eigenvalue weighted by atomic mass is 79.9. The number of rotatable bonds is 3. The van der Waals surface area contributed by atoms with Gasteiger partial charge in [0.25, 0.3) is 0 Å². The molecular formula is C16H16BrNS. The Kier molecular flexibility index (Phi) is 3.96. The van der Waals surface area contributed by atoms with Gasteiger partial charge in [0.1, 0.15) is 0 Å². The lowest BCUT2D eigenvalue weighted by molar-refractivity contribution is 0.603. The molecule has 0 saturated carbocycles. The van der Waals surface area contributed by atoms with Crippen LogP contribution in [0.1, 0.15) is 17.2 Å². The molecule has 98 valence electrons. The van der Waals surface area contributed by atoms with Gasteiger partial charge in [0.15, 0.2) is 0 Å². The number of halogens is 1. The summed E-state index contributed by atoms with van der Waals surface area (Å²) in [7, 11) is 2.06. The molecule has 1 N–H and O–H groups in total. The minimum Gasteiger partial charge on any atom is -0.312 e. The van der Waals surface area contributed by atoms with E-state index in [4.69, 9.17) is 0 Å². The zero-order chi connectivity index (χ0) is 13.2. The topological polar surface area (TPSA) is 12.0 Å². The van der Waals surface area contributed by atoms with Crippen LogP contribution in [-0.4, -0.2) is 12.3 Å². The molecule has 0 amide bonds. The third kappa shape index (κ3) is 2.73. The summed E-state index contributed by atoms with van der Waals surface area (Å²) >= 11 is 5.45. The van der Waals surface area contributed by atoms with E-state index >= 15 is 0 Å². The number of fused-ring (bicyclic) bond motifs is 1. The van der Waals surface area contributed by atoms with E-state index in [1.807, 2.05) is 11.8 Å². The molecular weight excluding hydrogens is 318 g/mol. The van der Waals surface area contributed by atoms with Gasteiger partial charge in [-0.25, -0.2) is 0 Å². The Bertz CT molecular complexity index is 567. The molecule has 2 aromatic carbocycles. The number of benzene rings is 2. The maximum Gasteiger partial charge on any atom is 0.0447 e. The van der Waals surface area contributed by atoms with Gasteiger partial charge >= 0.3 is 0 Å². The quantitative estimate of drug-likeness (QED) is 0.891. The van der Waals surface area contributed by atoms with E-state index in [1.54, 1.807) is 0 Å². The largest absolute Gasteiger partial charge is 0.312 e. The molecule has 0 spiro atoms. The second-order valence-electron chi connectivity index (χ2n) is 4.78. The highest BCUT2D eigenvalue weighted by Crippen LogP contribution is 2.41. The van der Waals surface area contributed by atoms with Crippen molar-refractivity contribution < 1.29 is 0 Å². The van der Waals surface area contributed by atoms with Crippen LogP contribution in [0, 0.1) is 0 Å². The Morgan fingerprint density at radius 2 is 1.84 bits per heavy atom. The fourth-order valence-electron chi connectivity index (χ4n) is 2.70. The zero-order valence-electron chi connectivity index (χ0n) is 10.8. The van der Waals surface area contributed by atoms with Crippen molar-refractivity contribution in [3.63, 3.8) is 0 Å². The maximum absolute atomic E-state index is 3.49. The van der Waals surface area contributed by atoms with Crippen molar-refractivity contribution in [2.45, 2.75) is 22.6 Å². The van der Waals surface area contributed by atoms with Crippen LogP contribution in [0.2, 0.25) is 0 Å². The van der Waals surface area contributed by atoms with Gasteiger partial charge in [-0.3, -0.25) is 0 Å². The predicted molar refractivity (Wildman–Crippen MR) is 85.7 cm³/mol. The fourth-order valence-corrected chi connectivity index (χ4v) is 4.29. The van der Waals surface area contributed by atoms with Crippen LogP contribution in [0.4, 0.5) is 0 Å². The van der Waals surface area contributed by atoms with Crippen LogP contribution in [0.15, 0.2) is 57.9 Å². The molecule has 2 atom stereocenters. The van der Waals surface area contributed by atoms with Crippen molar-refractivity contribution >= 4 is 27.7 Å². The maximum atomic E-state index is 3.49. The zero-order valence-corrected chi connectivity index (χ0v) is 13.2. The summed E-state index contributed by atoms with van der Waals surface area (Å²) in [5, 5.41) is 4.04. The van der Waals surface area contributed by atoms with Gasteiger partial charge in [-0.2, -0.15) is 0 Å². The molecule has 1 aliphatic rings. The summed E-state index contributed by atoms with van der Waals surface area (Å²) in [6, 6.07) is 17.8. The van der Waals surface area contributed by atoms with E-state index < -0.39 is 0 Å². The standard InChI is InChI=1S/C16H16BrNS/c1-18-16-14-5-3-2-4-11(14)10-15(16)19-13-8-6-12(17)7-9-13/h2-9,15-16,18H,10H2,1H3. The Morgan fingerprint density at radius 3 is 2.58 bits per heavy atom. The van der Waals surface area contributed by atoms with Crippen molar-refractivity contribution in [3.8, 4) is 0 Å². The lowest BCUT2D eigenvalue weighted by Gasteiger charge is -2.19. The summed E-state index contributed by atoms with van der Waals surface area (Å²) in [6.45, 7) is 0. The first-order valence-corrected chi connectivity index (χ1v) is 8.12. The molecule has 2 aromatic rings. The van der Waals surface area contributed by atoms with E-state index in [2.05, 4.69) is 76.8 Å². The lowest BCUT2D eigenvalue weighted by atomic mass is 10.1. The summed E-state index contributed by atoms with van der Waals surface area (Å²) in [5.74, 6) is 0. The highest BCUT2D eigenvalue weighted by Gasteiger charge is 2.31. The minimum atomic E-state index is 0.449. The van der Waals surface area contributed by atoms with Crippen molar-refractivity contribution in [2.75, 3.05) is 7.05 Å². The van der Waals surface area contributed by atoms with Gasteiger partial charge in [0.2, 0.25) is 0 Å². The number of nitrogens with one attached hydrogen (secondary N) is 1. The first kappa shape index (κ1) is 13.2. The third-order valence-corrected chi connectivity index (χ3v) is 5.41. The van der Waals surface area contributed by atoms with Crippen LogP contribution >= 0.6 is 27.7 Å². The molecule has 0 saturated heterocycles. The van der Waals surface area contributed by atoms with Crippen molar-refractivity contribution in [3.05, 3.63) is 64.1 Å². The average Bonchev–Trinajstić information content (AvgIpc) is 2.78. The Hall–Kier alpha value is -0.770.